The highest BCUT2D eigenvalue weighted by Crippen LogP contribution is 2.33. The van der Waals surface area contributed by atoms with Gasteiger partial charge in [-0.1, -0.05) is 0 Å². The number of pyridine rings is 1. The van der Waals surface area contributed by atoms with E-state index in [1.165, 1.54) is 25.1 Å². The van der Waals surface area contributed by atoms with Gasteiger partial charge in [0, 0.05) is 25.3 Å². The second kappa shape index (κ2) is 5.14. The fraction of sp³-hybridized carbons (Fsp3) is 0.583. The third-order valence-corrected chi connectivity index (χ3v) is 3.04. The van der Waals surface area contributed by atoms with E-state index in [0.29, 0.717) is 12.6 Å². The fourth-order valence-electron chi connectivity index (χ4n) is 1.82. The number of nitrogens with zero attached hydrogens (tertiary/aromatic N) is 2. The molecule has 0 spiro atoms. The first kappa shape index (κ1) is 13.1. The van der Waals surface area contributed by atoms with Crippen LogP contribution in [0.3, 0.4) is 0 Å². The molecular weight excluding hydrogens is 243 g/mol. The lowest BCUT2D eigenvalue weighted by atomic mass is 10.2. The zero-order valence-corrected chi connectivity index (χ0v) is 10.2. The molecule has 0 saturated heterocycles. The Balaban J connectivity index is 1.92. The maximum Gasteiger partial charge on any atom is 0.419 e. The third-order valence-electron chi connectivity index (χ3n) is 3.04. The van der Waals surface area contributed by atoms with Gasteiger partial charge in [-0.15, -0.1) is 0 Å². The molecule has 0 unspecified atom stereocenters. The van der Waals surface area contributed by atoms with Gasteiger partial charge in [-0.3, -0.25) is 0 Å². The molecule has 0 aliphatic heterocycles. The summed E-state index contributed by atoms with van der Waals surface area (Å²) in [5.74, 6) is -0.0887. The molecule has 0 atom stereocenters. The van der Waals surface area contributed by atoms with E-state index in [1.54, 1.807) is 0 Å². The smallest absolute Gasteiger partial charge is 0.368 e. The quantitative estimate of drug-likeness (QED) is 0.881. The number of alkyl halides is 3. The van der Waals surface area contributed by atoms with E-state index in [-0.39, 0.29) is 5.82 Å². The molecule has 0 radical (unpaired) electrons. The van der Waals surface area contributed by atoms with E-state index < -0.39 is 11.7 Å². The number of nitrogens with one attached hydrogen (secondary N) is 1. The highest BCUT2D eigenvalue weighted by atomic mass is 19.4. The minimum atomic E-state index is -4.36. The molecule has 1 N–H and O–H groups in total. The molecule has 6 heteroatoms. The summed E-state index contributed by atoms with van der Waals surface area (Å²) in [6, 6.07) is 2.95. The molecular formula is C12H16F3N3. The molecule has 1 aromatic rings. The molecule has 1 heterocycles. The van der Waals surface area contributed by atoms with Crippen LogP contribution >= 0.6 is 0 Å². The van der Waals surface area contributed by atoms with Crippen molar-refractivity contribution in [2.24, 2.45) is 0 Å². The first-order valence-electron chi connectivity index (χ1n) is 5.95. The van der Waals surface area contributed by atoms with E-state index >= 15 is 0 Å². The van der Waals surface area contributed by atoms with Crippen LogP contribution in [-0.4, -0.2) is 36.1 Å². The zero-order chi connectivity index (χ0) is 13.2. The highest BCUT2D eigenvalue weighted by molar-refractivity contribution is 5.45. The zero-order valence-electron chi connectivity index (χ0n) is 10.2. The van der Waals surface area contributed by atoms with Crippen LogP contribution in [0.25, 0.3) is 0 Å². The normalized spacial score (nSPS) is 16.1. The summed E-state index contributed by atoms with van der Waals surface area (Å²) < 4.78 is 38.0. The molecule has 3 nitrogen and oxygen atoms in total. The summed E-state index contributed by atoms with van der Waals surface area (Å²) >= 11 is 0. The Morgan fingerprint density at radius 1 is 1.44 bits per heavy atom. The maximum absolute atomic E-state index is 12.7. The second-order valence-corrected chi connectivity index (χ2v) is 4.54. The second-order valence-electron chi connectivity index (χ2n) is 4.54. The van der Waals surface area contributed by atoms with Crippen molar-refractivity contribution in [2.45, 2.75) is 25.1 Å². The Bertz CT molecular complexity index is 402. The van der Waals surface area contributed by atoms with Crippen molar-refractivity contribution in [2.75, 3.05) is 25.5 Å². The third kappa shape index (κ3) is 3.35. The Kier molecular flexibility index (Phi) is 3.75. The van der Waals surface area contributed by atoms with Crippen molar-refractivity contribution in [1.82, 2.24) is 9.88 Å². The number of anilines is 1. The van der Waals surface area contributed by atoms with E-state index in [1.807, 2.05) is 7.05 Å². The number of hydrogen-bond donors (Lipinski definition) is 1. The van der Waals surface area contributed by atoms with Crippen molar-refractivity contribution in [3.63, 3.8) is 0 Å². The molecule has 0 bridgehead atoms. The average molecular weight is 259 g/mol. The average Bonchev–Trinajstić information content (AvgIpc) is 3.12. The Labute approximate surface area is 104 Å². The van der Waals surface area contributed by atoms with Gasteiger partial charge in [-0.05, 0) is 32.0 Å². The molecule has 0 aromatic carbocycles. The van der Waals surface area contributed by atoms with Gasteiger partial charge in [0.05, 0.1) is 5.56 Å². The minimum absolute atomic E-state index is 0.0887. The van der Waals surface area contributed by atoms with Gasteiger partial charge < -0.3 is 10.2 Å². The predicted octanol–water partition coefficient (Wildman–Crippen LogP) is 2.61. The molecule has 2 rings (SSSR count). The number of halogens is 3. The number of hydrogen-bond acceptors (Lipinski definition) is 3. The summed E-state index contributed by atoms with van der Waals surface area (Å²) in [6.45, 7) is 1.19. The SMILES string of the molecule is CN(CCNc1ncccc1C(F)(F)F)C1CC1. The van der Waals surface area contributed by atoms with E-state index in [0.717, 1.165) is 12.6 Å². The van der Waals surface area contributed by atoms with Gasteiger partial charge >= 0.3 is 6.18 Å². The van der Waals surface area contributed by atoms with Gasteiger partial charge in [-0.2, -0.15) is 13.2 Å². The summed E-state index contributed by atoms with van der Waals surface area (Å²) in [6.07, 6.45) is -0.622. The van der Waals surface area contributed by atoms with Crippen molar-refractivity contribution >= 4 is 5.82 Å². The summed E-state index contributed by atoms with van der Waals surface area (Å²) in [5.41, 5.74) is -0.709. The van der Waals surface area contributed by atoms with E-state index in [2.05, 4.69) is 15.2 Å². The Morgan fingerprint density at radius 3 is 2.78 bits per heavy atom. The van der Waals surface area contributed by atoms with Crippen molar-refractivity contribution in [1.29, 1.82) is 0 Å². The van der Waals surface area contributed by atoms with Crippen LogP contribution in [-0.2, 0) is 6.18 Å². The van der Waals surface area contributed by atoms with Gasteiger partial charge in [0.25, 0.3) is 0 Å². The number of aromatic nitrogens is 1. The molecule has 1 aromatic heterocycles. The summed E-state index contributed by atoms with van der Waals surface area (Å²) in [4.78, 5) is 5.91. The van der Waals surface area contributed by atoms with E-state index in [4.69, 9.17) is 0 Å². The van der Waals surface area contributed by atoms with E-state index in [9.17, 15) is 13.2 Å². The van der Waals surface area contributed by atoms with Gasteiger partial charge in [-0.25, -0.2) is 4.98 Å². The van der Waals surface area contributed by atoms with Crippen LogP contribution in [0.4, 0.5) is 19.0 Å². The number of rotatable bonds is 5. The standard InChI is InChI=1S/C12H16F3N3/c1-18(9-4-5-9)8-7-17-11-10(12(13,14)15)3-2-6-16-11/h2-3,6,9H,4-5,7-8H2,1H3,(H,16,17). The lowest BCUT2D eigenvalue weighted by Gasteiger charge is -2.17. The van der Waals surface area contributed by atoms with Crippen LogP contribution in [0.2, 0.25) is 0 Å². The molecule has 1 fully saturated rings. The molecule has 1 saturated carbocycles. The van der Waals surface area contributed by atoms with Crippen molar-refractivity contribution in [3.05, 3.63) is 23.9 Å². The minimum Gasteiger partial charge on any atom is -0.368 e. The summed E-state index contributed by atoms with van der Waals surface area (Å²) in [5, 5.41) is 2.76. The lowest BCUT2D eigenvalue weighted by Crippen LogP contribution is -2.27. The molecule has 1 aliphatic rings. The highest BCUT2D eigenvalue weighted by Gasteiger charge is 2.34. The van der Waals surface area contributed by atoms with Crippen LogP contribution in [0, 0.1) is 0 Å². The number of likely N-dealkylation sites (N-methyl/N-ethyl adjacent to an activating group) is 1. The topological polar surface area (TPSA) is 28.2 Å². The molecule has 0 amide bonds. The van der Waals surface area contributed by atoms with Crippen molar-refractivity contribution < 1.29 is 13.2 Å². The van der Waals surface area contributed by atoms with Gasteiger partial charge in [0.2, 0.25) is 0 Å². The first-order chi connectivity index (χ1) is 8.48. The lowest BCUT2D eigenvalue weighted by molar-refractivity contribution is -0.137. The molecule has 18 heavy (non-hydrogen) atoms. The van der Waals surface area contributed by atoms with Gasteiger partial charge in [0.1, 0.15) is 5.82 Å². The Hall–Kier alpha value is -1.30. The van der Waals surface area contributed by atoms with Gasteiger partial charge in [0.15, 0.2) is 0 Å². The largest absolute Gasteiger partial charge is 0.419 e. The first-order valence-corrected chi connectivity index (χ1v) is 5.95. The van der Waals surface area contributed by atoms with Crippen molar-refractivity contribution in [3.8, 4) is 0 Å². The molecule has 1 aliphatic carbocycles. The molecule has 100 valence electrons. The predicted molar refractivity (Wildman–Crippen MR) is 63.4 cm³/mol. The van der Waals surface area contributed by atoms with Crippen LogP contribution in [0.1, 0.15) is 18.4 Å². The fourth-order valence-corrected chi connectivity index (χ4v) is 1.82. The maximum atomic E-state index is 12.7. The van der Waals surface area contributed by atoms with Crippen LogP contribution < -0.4 is 5.32 Å². The van der Waals surface area contributed by atoms with Crippen LogP contribution in [0.15, 0.2) is 18.3 Å². The van der Waals surface area contributed by atoms with Crippen LogP contribution in [0.5, 0.6) is 0 Å². The Morgan fingerprint density at radius 2 is 2.17 bits per heavy atom. The monoisotopic (exact) mass is 259 g/mol. The summed E-state index contributed by atoms with van der Waals surface area (Å²) in [7, 11) is 1.99.